The lowest BCUT2D eigenvalue weighted by Gasteiger charge is -2.10. The Bertz CT molecular complexity index is 1070. The first-order valence-electron chi connectivity index (χ1n) is 9.07. The summed E-state index contributed by atoms with van der Waals surface area (Å²) >= 11 is 1.10. The van der Waals surface area contributed by atoms with Crippen molar-refractivity contribution in [2.45, 2.75) is 6.92 Å². The number of thiophene rings is 1. The number of primary amides is 1. The highest BCUT2D eigenvalue weighted by Crippen LogP contribution is 2.26. The lowest BCUT2D eigenvalue weighted by Crippen LogP contribution is -2.18. The molecule has 0 atom stereocenters. The van der Waals surface area contributed by atoms with E-state index in [4.69, 9.17) is 10.5 Å². The normalized spacial score (nSPS) is 10.2. The van der Waals surface area contributed by atoms with Crippen LogP contribution in [0.25, 0.3) is 0 Å². The van der Waals surface area contributed by atoms with Crippen LogP contribution in [0.5, 0.6) is 5.75 Å². The van der Waals surface area contributed by atoms with Crippen molar-refractivity contribution < 1.29 is 19.1 Å². The third-order valence-corrected chi connectivity index (χ3v) is 4.91. The maximum Gasteiger partial charge on any atom is 0.324 e. The van der Waals surface area contributed by atoms with Crippen LogP contribution in [0.4, 0.5) is 21.2 Å². The Morgan fingerprint density at radius 2 is 1.73 bits per heavy atom. The zero-order valence-electron chi connectivity index (χ0n) is 16.1. The summed E-state index contributed by atoms with van der Waals surface area (Å²) in [5.41, 5.74) is 6.49. The van der Waals surface area contributed by atoms with Crippen molar-refractivity contribution in [2.24, 2.45) is 5.73 Å². The van der Waals surface area contributed by atoms with Crippen LogP contribution >= 0.6 is 11.3 Å². The van der Waals surface area contributed by atoms with Crippen LogP contribution in [-0.2, 0) is 0 Å². The van der Waals surface area contributed by atoms with Gasteiger partial charge in [0.05, 0.1) is 27.7 Å². The van der Waals surface area contributed by atoms with Crippen LogP contribution in [-0.4, -0.2) is 24.5 Å². The van der Waals surface area contributed by atoms with Gasteiger partial charge in [-0.2, -0.15) is 0 Å². The molecule has 4 amide bonds. The zero-order valence-corrected chi connectivity index (χ0v) is 16.9. The summed E-state index contributed by atoms with van der Waals surface area (Å²) in [5.74, 6) is -0.627. The van der Waals surface area contributed by atoms with Gasteiger partial charge in [-0.1, -0.05) is 18.2 Å². The first kappa shape index (κ1) is 20.9. The van der Waals surface area contributed by atoms with Gasteiger partial charge in [0.2, 0.25) is 0 Å². The van der Waals surface area contributed by atoms with E-state index < -0.39 is 17.8 Å². The fraction of sp³-hybridized carbons (Fsp3) is 0.0952. The maximum absolute atomic E-state index is 12.6. The quantitative estimate of drug-likeness (QED) is 0.455. The molecule has 2 aromatic carbocycles. The number of hydrogen-bond acceptors (Lipinski definition) is 5. The molecule has 0 aliphatic rings. The molecule has 3 rings (SSSR count). The van der Waals surface area contributed by atoms with Gasteiger partial charge in [0.1, 0.15) is 5.75 Å². The highest BCUT2D eigenvalue weighted by Gasteiger charge is 2.16. The fourth-order valence-corrected chi connectivity index (χ4v) is 3.40. The first-order chi connectivity index (χ1) is 14.5. The predicted molar refractivity (Wildman–Crippen MR) is 117 cm³/mol. The van der Waals surface area contributed by atoms with E-state index in [9.17, 15) is 14.4 Å². The van der Waals surface area contributed by atoms with Crippen molar-refractivity contribution in [3.63, 3.8) is 0 Å². The molecule has 1 heterocycles. The van der Waals surface area contributed by atoms with Crippen LogP contribution in [0.15, 0.2) is 60.7 Å². The molecule has 8 nitrogen and oxygen atoms in total. The summed E-state index contributed by atoms with van der Waals surface area (Å²) in [6, 6.07) is 16.5. The summed E-state index contributed by atoms with van der Waals surface area (Å²) < 4.78 is 5.36. The summed E-state index contributed by atoms with van der Waals surface area (Å²) in [7, 11) is 0. The van der Waals surface area contributed by atoms with Crippen LogP contribution < -0.4 is 26.4 Å². The molecule has 0 radical (unpaired) electrons. The first-order valence-corrected chi connectivity index (χ1v) is 9.89. The molecule has 1 aromatic heterocycles. The molecule has 0 aliphatic carbocycles. The van der Waals surface area contributed by atoms with Crippen LogP contribution in [0.1, 0.15) is 27.0 Å². The maximum atomic E-state index is 12.6. The van der Waals surface area contributed by atoms with Crippen molar-refractivity contribution in [3.8, 4) is 5.75 Å². The molecule has 0 fully saturated rings. The molecular weight excluding hydrogens is 404 g/mol. The van der Waals surface area contributed by atoms with E-state index in [1.54, 1.807) is 36.4 Å². The van der Waals surface area contributed by atoms with E-state index in [1.807, 2.05) is 25.1 Å². The van der Waals surface area contributed by atoms with Crippen molar-refractivity contribution in [3.05, 3.63) is 71.1 Å². The average molecular weight is 424 g/mol. The number of benzene rings is 2. The minimum absolute atomic E-state index is 0.145. The van der Waals surface area contributed by atoms with E-state index in [2.05, 4.69) is 16.0 Å². The highest BCUT2D eigenvalue weighted by molar-refractivity contribution is 7.18. The summed E-state index contributed by atoms with van der Waals surface area (Å²) in [5, 5.41) is 8.54. The Morgan fingerprint density at radius 1 is 0.967 bits per heavy atom. The Balaban J connectivity index is 1.66. The lowest BCUT2D eigenvalue weighted by molar-refractivity contribution is 0.100. The molecule has 0 aliphatic heterocycles. The molecular formula is C21H20N4O4S. The van der Waals surface area contributed by atoms with E-state index >= 15 is 0 Å². The Hall–Kier alpha value is -3.85. The molecule has 5 N–H and O–H groups in total. The van der Waals surface area contributed by atoms with Gasteiger partial charge < -0.3 is 21.1 Å². The smallest absolute Gasteiger partial charge is 0.324 e. The molecule has 0 saturated heterocycles. The second kappa shape index (κ2) is 9.57. The molecule has 9 heteroatoms. The third-order valence-electron chi connectivity index (χ3n) is 3.91. The third kappa shape index (κ3) is 5.36. The number of ether oxygens (including phenoxy) is 1. The van der Waals surface area contributed by atoms with Gasteiger partial charge >= 0.3 is 6.03 Å². The molecule has 0 spiro atoms. The average Bonchev–Trinajstić information content (AvgIpc) is 3.18. The van der Waals surface area contributed by atoms with Crippen molar-refractivity contribution in [1.82, 2.24) is 0 Å². The fourth-order valence-electron chi connectivity index (χ4n) is 2.60. The van der Waals surface area contributed by atoms with Gasteiger partial charge in [-0.05, 0) is 49.4 Å². The summed E-state index contributed by atoms with van der Waals surface area (Å²) in [6.45, 7) is 2.26. The van der Waals surface area contributed by atoms with E-state index in [1.165, 1.54) is 6.07 Å². The van der Waals surface area contributed by atoms with Crippen molar-refractivity contribution in [2.75, 3.05) is 22.6 Å². The molecule has 0 bridgehead atoms. The van der Waals surface area contributed by atoms with E-state index in [-0.39, 0.29) is 11.3 Å². The Kier molecular flexibility index (Phi) is 6.66. The standard InChI is InChI=1S/C21H20N4O4S/c1-2-29-14-8-9-16(15(12-14)19(22)26)24-20(27)17-10-11-18(30-17)25-21(28)23-13-6-4-3-5-7-13/h3-12H,2H2,1H3,(H2,22,26)(H,24,27)(H2,23,25,28). The molecule has 154 valence electrons. The van der Waals surface area contributed by atoms with Gasteiger partial charge in [-0.15, -0.1) is 11.3 Å². The van der Waals surface area contributed by atoms with Crippen molar-refractivity contribution in [1.29, 1.82) is 0 Å². The number of nitrogens with one attached hydrogen (secondary N) is 3. The zero-order chi connectivity index (χ0) is 21.5. The van der Waals surface area contributed by atoms with Gasteiger partial charge in [-0.25, -0.2) is 4.79 Å². The van der Waals surface area contributed by atoms with Gasteiger partial charge in [-0.3, -0.25) is 14.9 Å². The Morgan fingerprint density at radius 3 is 2.43 bits per heavy atom. The topological polar surface area (TPSA) is 123 Å². The molecule has 30 heavy (non-hydrogen) atoms. The second-order valence-electron chi connectivity index (χ2n) is 6.07. The van der Waals surface area contributed by atoms with Crippen LogP contribution in [0, 0.1) is 0 Å². The van der Waals surface area contributed by atoms with E-state index in [0.717, 1.165) is 11.3 Å². The van der Waals surface area contributed by atoms with Gasteiger partial charge in [0.25, 0.3) is 11.8 Å². The number of rotatable bonds is 7. The monoisotopic (exact) mass is 424 g/mol. The number of hydrogen-bond donors (Lipinski definition) is 4. The van der Waals surface area contributed by atoms with Gasteiger partial charge in [0.15, 0.2) is 0 Å². The summed E-state index contributed by atoms with van der Waals surface area (Å²) in [4.78, 5) is 36.7. The largest absolute Gasteiger partial charge is 0.494 e. The number of urea groups is 1. The highest BCUT2D eigenvalue weighted by atomic mass is 32.1. The minimum Gasteiger partial charge on any atom is -0.494 e. The van der Waals surface area contributed by atoms with Crippen molar-refractivity contribution >= 4 is 45.6 Å². The number of carbonyl (C=O) groups excluding carboxylic acids is 3. The number of nitrogens with two attached hydrogens (primary N) is 1. The number of amides is 4. The lowest BCUT2D eigenvalue weighted by atomic mass is 10.1. The summed E-state index contributed by atoms with van der Waals surface area (Å²) in [6.07, 6.45) is 0. The molecule has 0 saturated carbocycles. The SMILES string of the molecule is CCOc1ccc(NC(=O)c2ccc(NC(=O)Nc3ccccc3)s2)c(C(N)=O)c1. The van der Waals surface area contributed by atoms with Crippen LogP contribution in [0.3, 0.4) is 0 Å². The predicted octanol–water partition coefficient (Wildman–Crippen LogP) is 4.14. The number of para-hydroxylation sites is 1. The molecule has 0 unspecified atom stereocenters. The second-order valence-corrected chi connectivity index (χ2v) is 7.15. The number of carbonyl (C=O) groups is 3. The molecule has 3 aromatic rings. The Labute approximate surface area is 177 Å². The van der Waals surface area contributed by atoms with Gasteiger partial charge in [0, 0.05) is 5.69 Å². The van der Waals surface area contributed by atoms with E-state index in [0.29, 0.717) is 27.9 Å². The van der Waals surface area contributed by atoms with Crippen LogP contribution in [0.2, 0.25) is 0 Å². The number of anilines is 3. The minimum atomic E-state index is -0.682.